The van der Waals surface area contributed by atoms with Crippen LogP contribution in [0.4, 0.5) is 4.79 Å². The fourth-order valence-electron chi connectivity index (χ4n) is 4.87. The lowest BCUT2D eigenvalue weighted by atomic mass is 9.97. The number of amides is 4. The Morgan fingerprint density at radius 1 is 0.746 bits per heavy atom. The highest BCUT2D eigenvalue weighted by Crippen LogP contribution is 2.26. The smallest absolute Gasteiger partial charge is 0.408 e. The average molecular weight is 879 g/mol. The number of carbonyl (C=O) groups is 5. The molecule has 0 aliphatic heterocycles. The number of hydrogen-bond donors (Lipinski definition) is 6. The molecule has 0 heterocycles. The van der Waals surface area contributed by atoms with Crippen LogP contribution in [0.1, 0.15) is 105 Å². The molecule has 0 aliphatic carbocycles. The molecular formula is C49H74N4O10. The number of carbonyl (C=O) groups excluding carboxylic acids is 5. The second-order valence-corrected chi connectivity index (χ2v) is 16.4. The summed E-state index contributed by atoms with van der Waals surface area (Å²) in [6.45, 7) is 19.3. The molecule has 14 nitrogen and oxygen atoms in total. The lowest BCUT2D eigenvalue weighted by molar-refractivity contribution is -0.147. The van der Waals surface area contributed by atoms with Crippen LogP contribution in [0.5, 0.6) is 0 Å². The first-order valence-corrected chi connectivity index (χ1v) is 21.3. The third kappa shape index (κ3) is 28.6. The van der Waals surface area contributed by atoms with E-state index in [1.165, 1.54) is 19.4 Å². The summed E-state index contributed by atoms with van der Waals surface area (Å²) >= 11 is 0. The van der Waals surface area contributed by atoms with E-state index in [-0.39, 0.29) is 31.4 Å². The number of aliphatic hydroxyl groups is 2. The molecule has 0 spiro atoms. The number of benzene rings is 3. The van der Waals surface area contributed by atoms with Gasteiger partial charge in [-0.3, -0.25) is 19.2 Å². The van der Waals surface area contributed by atoms with Crippen molar-refractivity contribution in [3.63, 3.8) is 0 Å². The van der Waals surface area contributed by atoms with Gasteiger partial charge in [-0.05, 0) is 65.5 Å². The highest BCUT2D eigenvalue weighted by atomic mass is 16.6. The van der Waals surface area contributed by atoms with E-state index in [2.05, 4.69) is 41.7 Å². The van der Waals surface area contributed by atoms with Crippen molar-refractivity contribution in [1.82, 2.24) is 21.3 Å². The summed E-state index contributed by atoms with van der Waals surface area (Å²) in [6.07, 6.45) is -0.171. The van der Waals surface area contributed by atoms with Crippen molar-refractivity contribution >= 4 is 29.8 Å². The Kier molecular flexibility index (Phi) is 29.3. The Labute approximate surface area is 375 Å². The van der Waals surface area contributed by atoms with Crippen LogP contribution in [-0.2, 0) is 33.4 Å². The van der Waals surface area contributed by atoms with E-state index in [4.69, 9.17) is 14.2 Å². The van der Waals surface area contributed by atoms with E-state index >= 15 is 0 Å². The molecule has 0 saturated heterocycles. The largest absolute Gasteiger partial charge is 0.452 e. The van der Waals surface area contributed by atoms with Crippen LogP contribution in [0.2, 0.25) is 0 Å². The fraction of sp³-hybridized carbons (Fsp3) is 0.490. The van der Waals surface area contributed by atoms with Gasteiger partial charge in [-0.1, -0.05) is 130 Å². The van der Waals surface area contributed by atoms with Gasteiger partial charge in [0.15, 0.2) is 6.10 Å². The van der Waals surface area contributed by atoms with Crippen molar-refractivity contribution in [3.8, 4) is 0 Å². The third-order valence-electron chi connectivity index (χ3n) is 8.30. The van der Waals surface area contributed by atoms with Gasteiger partial charge >= 0.3 is 12.1 Å². The molecule has 0 radical (unpaired) electrons. The Morgan fingerprint density at radius 3 is 1.62 bits per heavy atom. The Bertz CT molecular complexity index is 1650. The van der Waals surface area contributed by atoms with Gasteiger partial charge in [0.05, 0.1) is 43.2 Å². The summed E-state index contributed by atoms with van der Waals surface area (Å²) in [6, 6.07) is 28.6. The number of nitrogens with one attached hydrogen (secondary N) is 4. The first-order valence-electron chi connectivity index (χ1n) is 21.3. The third-order valence-corrected chi connectivity index (χ3v) is 8.30. The Balaban J connectivity index is 0.00000217. The van der Waals surface area contributed by atoms with Crippen molar-refractivity contribution in [1.29, 1.82) is 0 Å². The van der Waals surface area contributed by atoms with Crippen molar-refractivity contribution in [2.24, 2.45) is 5.92 Å². The van der Waals surface area contributed by atoms with Crippen molar-refractivity contribution in [3.05, 3.63) is 121 Å². The zero-order chi connectivity index (χ0) is 47.8. The van der Waals surface area contributed by atoms with Gasteiger partial charge in [0, 0.05) is 13.7 Å². The fourth-order valence-corrected chi connectivity index (χ4v) is 4.87. The zero-order valence-electron chi connectivity index (χ0n) is 39.0. The average Bonchev–Trinajstić information content (AvgIpc) is 3.25. The standard InChI is InChI=1S/C35H48N4O9.C6H6.C5H12O.C3H8/c1-6-13-27(39-34(46)48-35(3,4)5)33(45)37-21-29(42)38-26(22-40)20-28(41)23(2)32(44)36-19-18-30(43)47-31(24-14-9-7-10-15-24)25-16-11-8-12-17-25;1-2-4-6-5-3-1;1-5(2,3)6-4;1-3-2/h6-12,14-17,23,26-28,31,40-41H,1,13,18-22H2,2-5H3,(H,36,44)(H,37,45)(H,38,42)(H,39,46);1-6H;1-4H3;3H2,1-2H3/t23?,26-,27?,28?;;;/m1.../s1. The maximum Gasteiger partial charge on any atom is 0.408 e. The number of alkyl carbamates (subject to hydrolysis) is 1. The van der Waals surface area contributed by atoms with Crippen LogP contribution in [0.3, 0.4) is 0 Å². The van der Waals surface area contributed by atoms with Crippen LogP contribution in [-0.4, -0.2) is 96.2 Å². The molecule has 3 aromatic rings. The van der Waals surface area contributed by atoms with Crippen LogP contribution >= 0.6 is 0 Å². The van der Waals surface area contributed by atoms with E-state index in [1.54, 1.807) is 27.9 Å². The molecule has 0 aliphatic rings. The summed E-state index contributed by atoms with van der Waals surface area (Å²) in [5.74, 6) is -3.30. The number of rotatable bonds is 18. The quantitative estimate of drug-likeness (QED) is 0.0583. The lowest BCUT2D eigenvalue weighted by Crippen LogP contribution is -2.51. The molecule has 6 N–H and O–H groups in total. The Hall–Kier alpha value is -5.57. The zero-order valence-corrected chi connectivity index (χ0v) is 39.0. The normalized spacial score (nSPS) is 12.6. The van der Waals surface area contributed by atoms with Gasteiger partial charge in [0.25, 0.3) is 0 Å². The highest BCUT2D eigenvalue weighted by Gasteiger charge is 2.27. The summed E-state index contributed by atoms with van der Waals surface area (Å²) in [7, 11) is 1.71. The molecule has 3 rings (SSSR count). The highest BCUT2D eigenvalue weighted by molar-refractivity contribution is 5.89. The van der Waals surface area contributed by atoms with E-state index in [0.717, 1.165) is 11.1 Å². The minimum atomic E-state index is -1.25. The molecule has 3 unspecified atom stereocenters. The number of ether oxygens (including phenoxy) is 3. The monoisotopic (exact) mass is 879 g/mol. The summed E-state index contributed by atoms with van der Waals surface area (Å²) < 4.78 is 15.8. The number of aliphatic hydroxyl groups excluding tert-OH is 2. The molecule has 4 amide bonds. The van der Waals surface area contributed by atoms with Gasteiger partial charge in [-0.2, -0.15) is 0 Å². The topological polar surface area (TPSA) is 202 Å². The SMILES string of the molecule is C=CCC(NC(=O)OC(C)(C)C)C(=O)NCC(=O)N[C@@H](CO)CC(O)C(C)C(=O)NCCC(=O)OC(c1ccccc1)c1ccccc1.CCC.COC(C)(C)C.c1ccccc1. The van der Waals surface area contributed by atoms with E-state index in [0.29, 0.717) is 0 Å². The molecule has 0 aromatic heterocycles. The maximum absolute atomic E-state index is 12.7. The van der Waals surface area contributed by atoms with E-state index in [9.17, 15) is 34.2 Å². The minimum absolute atomic E-state index is 0.0273. The molecule has 3 aromatic carbocycles. The predicted octanol–water partition coefficient (Wildman–Crippen LogP) is 6.81. The van der Waals surface area contributed by atoms with Crippen LogP contribution in [0.15, 0.2) is 110 Å². The minimum Gasteiger partial charge on any atom is -0.452 e. The van der Waals surface area contributed by atoms with Gasteiger partial charge in [0.1, 0.15) is 11.6 Å². The predicted molar refractivity (Wildman–Crippen MR) is 247 cm³/mol. The van der Waals surface area contributed by atoms with Crippen molar-refractivity contribution < 1.29 is 48.4 Å². The molecular weight excluding hydrogens is 805 g/mol. The number of hydrogen-bond acceptors (Lipinski definition) is 10. The summed E-state index contributed by atoms with van der Waals surface area (Å²) in [4.78, 5) is 62.5. The van der Waals surface area contributed by atoms with Crippen LogP contribution < -0.4 is 21.3 Å². The molecule has 350 valence electrons. The van der Waals surface area contributed by atoms with E-state index in [1.807, 2.05) is 118 Å². The molecule has 0 saturated carbocycles. The molecule has 14 heteroatoms. The Morgan fingerprint density at radius 2 is 1.21 bits per heavy atom. The van der Waals surface area contributed by atoms with Crippen LogP contribution in [0, 0.1) is 5.92 Å². The molecule has 4 atom stereocenters. The second-order valence-electron chi connectivity index (χ2n) is 16.4. The number of esters is 1. The summed E-state index contributed by atoms with van der Waals surface area (Å²) in [5, 5.41) is 30.4. The van der Waals surface area contributed by atoms with Gasteiger partial charge in [0.2, 0.25) is 17.7 Å². The first-order chi connectivity index (χ1) is 29.7. The lowest BCUT2D eigenvalue weighted by Gasteiger charge is -2.24. The maximum atomic E-state index is 12.7. The van der Waals surface area contributed by atoms with Gasteiger partial charge < -0.3 is 45.7 Å². The number of methoxy groups -OCH3 is 1. The van der Waals surface area contributed by atoms with Crippen molar-refractivity contribution in [2.75, 3.05) is 26.8 Å². The van der Waals surface area contributed by atoms with Crippen LogP contribution in [0.25, 0.3) is 0 Å². The molecule has 63 heavy (non-hydrogen) atoms. The van der Waals surface area contributed by atoms with Crippen molar-refractivity contribution in [2.45, 2.75) is 123 Å². The van der Waals surface area contributed by atoms with Gasteiger partial charge in [-0.15, -0.1) is 6.58 Å². The molecule has 0 fully saturated rings. The summed E-state index contributed by atoms with van der Waals surface area (Å²) in [5.41, 5.74) is 0.876. The second kappa shape index (κ2) is 32.2. The molecule has 0 bridgehead atoms. The van der Waals surface area contributed by atoms with E-state index < -0.39 is 78.7 Å². The first kappa shape index (κ1) is 57.4. The van der Waals surface area contributed by atoms with Gasteiger partial charge in [-0.25, -0.2) is 4.79 Å².